The minimum absolute atomic E-state index is 0.0936. The molecule has 5 aromatic rings. The van der Waals surface area contributed by atoms with E-state index in [-0.39, 0.29) is 51.4 Å². The molecule has 0 radical (unpaired) electrons. The molecule has 190 valence electrons. The number of Topliss-reactive ketones (excluding diaryl/α,β-unsaturated/α-hetero) is 2. The van der Waals surface area contributed by atoms with Crippen LogP contribution in [-0.4, -0.2) is 45.6 Å². The number of pyridine rings is 1. The number of nitrogens with zero attached hydrogens (tertiary/aromatic N) is 2. The van der Waals surface area contributed by atoms with E-state index in [1.807, 2.05) is 30.5 Å². The van der Waals surface area contributed by atoms with E-state index < -0.39 is 0 Å². The second kappa shape index (κ2) is 7.68. The summed E-state index contributed by atoms with van der Waals surface area (Å²) in [5.74, 6) is 0.696. The SMILES string of the molecule is CC1(C)c2cccnc2N2c3[se]c(/C=C4/C(=O)c5cc6cc[se]c6cc5C4=O)cc3C(C)(C)c3cccc1c32. The van der Waals surface area contributed by atoms with Crippen molar-refractivity contribution in [1.82, 2.24) is 4.98 Å². The van der Waals surface area contributed by atoms with E-state index in [4.69, 9.17) is 4.98 Å². The number of carbonyl (C=O) groups excluding carboxylic acids is 2. The van der Waals surface area contributed by atoms with Gasteiger partial charge in [-0.2, -0.15) is 0 Å². The first kappa shape index (κ1) is 23.6. The molecule has 5 heterocycles. The van der Waals surface area contributed by atoms with Gasteiger partial charge in [-0.25, -0.2) is 0 Å². The van der Waals surface area contributed by atoms with E-state index in [1.165, 1.54) is 36.8 Å². The van der Waals surface area contributed by atoms with Gasteiger partial charge < -0.3 is 0 Å². The Morgan fingerprint density at radius 3 is 2.28 bits per heavy atom. The van der Waals surface area contributed by atoms with Crippen LogP contribution in [0.4, 0.5) is 16.1 Å². The van der Waals surface area contributed by atoms with Gasteiger partial charge in [0, 0.05) is 0 Å². The molecule has 2 aliphatic heterocycles. The number of para-hydroxylation sites is 1. The molecule has 6 heteroatoms. The van der Waals surface area contributed by atoms with Crippen molar-refractivity contribution in [1.29, 1.82) is 0 Å². The third-order valence-electron chi connectivity index (χ3n) is 8.74. The van der Waals surface area contributed by atoms with E-state index in [1.54, 1.807) is 0 Å². The van der Waals surface area contributed by atoms with Crippen LogP contribution in [0.1, 0.15) is 75.1 Å². The van der Waals surface area contributed by atoms with Gasteiger partial charge in [0.05, 0.1) is 0 Å². The number of hydrogen-bond acceptors (Lipinski definition) is 4. The van der Waals surface area contributed by atoms with Gasteiger partial charge in [-0.15, -0.1) is 0 Å². The first-order valence-corrected chi connectivity index (χ1v) is 16.6. The average molecular weight is 638 g/mol. The molecule has 4 nitrogen and oxygen atoms in total. The molecule has 0 amide bonds. The van der Waals surface area contributed by atoms with Gasteiger partial charge in [0.15, 0.2) is 0 Å². The second-order valence-corrected chi connectivity index (χ2v) is 15.8. The summed E-state index contributed by atoms with van der Waals surface area (Å²) in [6.07, 6.45) is 3.76. The fourth-order valence-electron chi connectivity index (χ4n) is 6.59. The number of allylic oxidation sites excluding steroid dienone is 1. The Kier molecular flexibility index (Phi) is 4.65. The number of aromatic nitrogens is 1. The predicted octanol–water partition coefficient (Wildman–Crippen LogP) is 6.56. The van der Waals surface area contributed by atoms with Crippen molar-refractivity contribution in [3.63, 3.8) is 0 Å². The summed E-state index contributed by atoms with van der Waals surface area (Å²) in [5.41, 5.74) is 7.31. The molecule has 0 spiro atoms. The van der Waals surface area contributed by atoms with Crippen LogP contribution in [-0.2, 0) is 10.8 Å². The first-order chi connectivity index (χ1) is 18.7. The average Bonchev–Trinajstić information content (AvgIpc) is 3.62. The van der Waals surface area contributed by atoms with Crippen molar-refractivity contribution in [2.24, 2.45) is 0 Å². The number of anilines is 3. The van der Waals surface area contributed by atoms with Gasteiger partial charge in [0.25, 0.3) is 0 Å². The summed E-state index contributed by atoms with van der Waals surface area (Å²) >= 11 is 0.136. The van der Waals surface area contributed by atoms with E-state index in [0.29, 0.717) is 16.7 Å². The molecule has 3 aliphatic rings. The second-order valence-electron chi connectivity index (χ2n) is 11.6. The van der Waals surface area contributed by atoms with Gasteiger partial charge in [0.1, 0.15) is 0 Å². The van der Waals surface area contributed by atoms with E-state index in [9.17, 15) is 9.59 Å². The molecule has 0 saturated heterocycles. The Morgan fingerprint density at radius 2 is 1.51 bits per heavy atom. The molecule has 0 unspecified atom stereocenters. The molecule has 1 aliphatic carbocycles. The monoisotopic (exact) mass is 640 g/mol. The maximum atomic E-state index is 13.5. The van der Waals surface area contributed by atoms with E-state index in [0.717, 1.165) is 15.6 Å². The number of hydrogen-bond donors (Lipinski definition) is 0. The van der Waals surface area contributed by atoms with Gasteiger partial charge in [-0.3, -0.25) is 0 Å². The molecule has 0 saturated carbocycles. The van der Waals surface area contributed by atoms with Crippen LogP contribution in [0.3, 0.4) is 0 Å². The third kappa shape index (κ3) is 2.98. The van der Waals surface area contributed by atoms with Crippen LogP contribution in [0, 0.1) is 0 Å². The summed E-state index contributed by atoms with van der Waals surface area (Å²) in [4.78, 5) is 36.4. The van der Waals surface area contributed by atoms with Crippen molar-refractivity contribution >= 4 is 72.4 Å². The Morgan fingerprint density at radius 1 is 0.821 bits per heavy atom. The van der Waals surface area contributed by atoms with Crippen LogP contribution < -0.4 is 4.90 Å². The number of fused-ring (bicyclic) bond motifs is 6. The van der Waals surface area contributed by atoms with Crippen molar-refractivity contribution in [2.45, 2.75) is 38.5 Å². The van der Waals surface area contributed by atoms with Crippen LogP contribution in [0.15, 0.2) is 71.3 Å². The van der Waals surface area contributed by atoms with Crippen LogP contribution >= 0.6 is 0 Å². The Labute approximate surface area is 238 Å². The van der Waals surface area contributed by atoms with Gasteiger partial charge >= 0.3 is 239 Å². The number of ketones is 2. The Bertz CT molecular complexity index is 1920. The zero-order valence-electron chi connectivity index (χ0n) is 22.0. The molecular weight excluding hydrogens is 614 g/mol. The predicted molar refractivity (Wildman–Crippen MR) is 158 cm³/mol. The molecule has 0 N–H and O–H groups in total. The van der Waals surface area contributed by atoms with Gasteiger partial charge in [0.2, 0.25) is 0 Å². The van der Waals surface area contributed by atoms with Crippen LogP contribution in [0.2, 0.25) is 0 Å². The van der Waals surface area contributed by atoms with Crippen molar-refractivity contribution in [3.8, 4) is 0 Å². The first-order valence-electron chi connectivity index (χ1n) is 13.0. The number of rotatable bonds is 1. The van der Waals surface area contributed by atoms with Crippen molar-refractivity contribution in [3.05, 3.63) is 109 Å². The molecule has 3 aromatic heterocycles. The van der Waals surface area contributed by atoms with Crippen LogP contribution in [0.25, 0.3) is 15.7 Å². The molecule has 39 heavy (non-hydrogen) atoms. The summed E-state index contributed by atoms with van der Waals surface area (Å²) in [6, 6.07) is 19.0. The number of benzene rings is 2. The Hall–Kier alpha value is -3.27. The fourth-order valence-corrected chi connectivity index (χ4v) is 11.0. The molecule has 0 fully saturated rings. The quantitative estimate of drug-likeness (QED) is 0.119. The normalized spacial score (nSPS) is 18.8. The molecular formula is C33H24N2O2Se2. The summed E-state index contributed by atoms with van der Waals surface area (Å²) in [7, 11) is 0. The van der Waals surface area contributed by atoms with E-state index >= 15 is 0 Å². The topological polar surface area (TPSA) is 50.3 Å². The molecule has 0 atom stereocenters. The molecule has 0 bridgehead atoms. The summed E-state index contributed by atoms with van der Waals surface area (Å²) in [6.45, 7) is 9.15. The van der Waals surface area contributed by atoms with E-state index in [2.05, 4.69) is 73.9 Å². The van der Waals surface area contributed by atoms with Crippen LogP contribution in [0.5, 0.6) is 0 Å². The molecule has 8 rings (SSSR count). The Balaban J connectivity index is 1.32. The maximum absolute atomic E-state index is 13.5. The molecule has 2 aromatic carbocycles. The van der Waals surface area contributed by atoms with Crippen molar-refractivity contribution in [2.75, 3.05) is 4.90 Å². The summed E-state index contributed by atoms with van der Waals surface area (Å²) < 4.78 is 3.48. The minimum atomic E-state index is -0.219. The van der Waals surface area contributed by atoms with Gasteiger partial charge in [-0.05, 0) is 0 Å². The summed E-state index contributed by atoms with van der Waals surface area (Å²) in [5, 5.41) is 1.08. The van der Waals surface area contributed by atoms with Crippen molar-refractivity contribution < 1.29 is 9.59 Å². The third-order valence-corrected chi connectivity index (χ3v) is 12.8. The number of carbonyl (C=O) groups is 2. The standard InChI is InChI=1S/C33H24N2O2Se2/c1-32(2)22-7-5-8-23-27(22)35(30-24(32)9-6-11-34-30)31-25(33(23,3)4)15-18(39-31)14-21-28(36)19-13-17-10-12-38-26(17)16-20(19)29(21)37/h5-16H,1-4H3/b21-14-. The zero-order chi connectivity index (χ0) is 26.8. The zero-order valence-corrected chi connectivity index (χ0v) is 25.4. The fraction of sp³-hybridized carbons (Fsp3) is 0.182. The van der Waals surface area contributed by atoms with Gasteiger partial charge in [-0.1, -0.05) is 0 Å².